The summed E-state index contributed by atoms with van der Waals surface area (Å²) < 4.78 is 0.899. The Balaban J connectivity index is 1.90. The average molecular weight is 331 g/mol. The Bertz CT molecular complexity index is 445. The number of nitrogens with zero attached hydrogens (tertiary/aromatic N) is 1. The van der Waals surface area contributed by atoms with Gasteiger partial charge in [-0.15, -0.1) is 0 Å². The number of halogens is 2. The van der Waals surface area contributed by atoms with Gasteiger partial charge in [-0.3, -0.25) is 4.79 Å². The summed E-state index contributed by atoms with van der Waals surface area (Å²) in [6, 6.07) is 6.09. The molecule has 0 heterocycles. The van der Waals surface area contributed by atoms with Gasteiger partial charge in [0.25, 0.3) is 0 Å². The lowest BCUT2D eigenvalue weighted by Crippen LogP contribution is -2.38. The Labute approximate surface area is 121 Å². The topological polar surface area (TPSA) is 20.3 Å². The Morgan fingerprint density at radius 2 is 2.22 bits per heavy atom. The van der Waals surface area contributed by atoms with Crippen molar-refractivity contribution in [1.29, 1.82) is 0 Å². The highest BCUT2D eigenvalue weighted by Crippen LogP contribution is 2.25. The third kappa shape index (κ3) is 3.34. The number of hydrogen-bond acceptors (Lipinski definition) is 2. The van der Waals surface area contributed by atoms with Crippen LogP contribution in [0.15, 0.2) is 22.7 Å². The minimum Gasteiger partial charge on any atom is -0.303 e. The van der Waals surface area contributed by atoms with Gasteiger partial charge in [-0.25, -0.2) is 0 Å². The molecule has 0 spiro atoms. The lowest BCUT2D eigenvalue weighted by atomic mass is 9.91. The van der Waals surface area contributed by atoms with Crippen molar-refractivity contribution < 1.29 is 4.79 Å². The van der Waals surface area contributed by atoms with Crippen molar-refractivity contribution in [3.8, 4) is 0 Å². The minimum atomic E-state index is 0.124. The number of benzene rings is 1. The lowest BCUT2D eigenvalue weighted by Gasteiger charge is -2.34. The standard InChI is InChI=1S/C14H17BrClNO/c1-17(11-3-2-4-11)8-7-14(18)12-6-5-10(15)9-13(12)16/h5-6,9,11H,2-4,7-8H2,1H3. The molecule has 1 aromatic carbocycles. The molecule has 0 aliphatic heterocycles. The number of ketones is 1. The van der Waals surface area contributed by atoms with E-state index in [0.717, 1.165) is 11.0 Å². The Morgan fingerprint density at radius 1 is 1.50 bits per heavy atom. The molecular formula is C14H17BrClNO. The van der Waals surface area contributed by atoms with Crippen LogP contribution >= 0.6 is 27.5 Å². The molecule has 0 saturated heterocycles. The van der Waals surface area contributed by atoms with E-state index < -0.39 is 0 Å². The SMILES string of the molecule is CN(CCC(=O)c1ccc(Br)cc1Cl)C1CCC1. The van der Waals surface area contributed by atoms with Crippen LogP contribution in [0.1, 0.15) is 36.0 Å². The van der Waals surface area contributed by atoms with E-state index in [1.54, 1.807) is 12.1 Å². The molecule has 98 valence electrons. The van der Waals surface area contributed by atoms with Crippen molar-refractivity contribution in [3.05, 3.63) is 33.3 Å². The lowest BCUT2D eigenvalue weighted by molar-refractivity contribution is 0.0939. The van der Waals surface area contributed by atoms with Crippen molar-refractivity contribution in [2.45, 2.75) is 31.7 Å². The molecule has 0 amide bonds. The van der Waals surface area contributed by atoms with Gasteiger partial charge in [0.1, 0.15) is 0 Å². The molecular weight excluding hydrogens is 314 g/mol. The highest BCUT2D eigenvalue weighted by molar-refractivity contribution is 9.10. The monoisotopic (exact) mass is 329 g/mol. The maximum Gasteiger partial charge on any atom is 0.165 e. The summed E-state index contributed by atoms with van der Waals surface area (Å²) in [7, 11) is 2.10. The summed E-state index contributed by atoms with van der Waals surface area (Å²) in [4.78, 5) is 14.4. The van der Waals surface area contributed by atoms with Crippen LogP contribution in [0.2, 0.25) is 5.02 Å². The van der Waals surface area contributed by atoms with Gasteiger partial charge in [0, 0.05) is 29.0 Å². The number of hydrogen-bond donors (Lipinski definition) is 0. The fourth-order valence-electron chi connectivity index (χ4n) is 2.14. The Kier molecular flexibility index (Phi) is 4.82. The van der Waals surface area contributed by atoms with Crippen LogP contribution in [0, 0.1) is 0 Å². The second-order valence-electron chi connectivity index (χ2n) is 4.86. The first-order valence-electron chi connectivity index (χ1n) is 6.26. The van der Waals surface area contributed by atoms with Crippen molar-refractivity contribution >= 4 is 33.3 Å². The first-order chi connectivity index (χ1) is 8.58. The van der Waals surface area contributed by atoms with E-state index >= 15 is 0 Å². The Hall–Kier alpha value is -0.380. The van der Waals surface area contributed by atoms with E-state index in [4.69, 9.17) is 11.6 Å². The van der Waals surface area contributed by atoms with Gasteiger partial charge in [0.05, 0.1) is 5.02 Å². The molecule has 1 aliphatic carbocycles. The van der Waals surface area contributed by atoms with Crippen LogP contribution in [-0.4, -0.2) is 30.3 Å². The molecule has 18 heavy (non-hydrogen) atoms. The maximum absolute atomic E-state index is 12.1. The van der Waals surface area contributed by atoms with Crippen molar-refractivity contribution in [2.24, 2.45) is 0 Å². The van der Waals surface area contributed by atoms with E-state index in [1.807, 2.05) is 6.07 Å². The summed E-state index contributed by atoms with van der Waals surface area (Å²) in [5.74, 6) is 0.124. The first kappa shape index (κ1) is 14.0. The molecule has 0 aromatic heterocycles. The zero-order valence-corrected chi connectivity index (χ0v) is 12.8. The molecule has 0 atom stereocenters. The van der Waals surface area contributed by atoms with Gasteiger partial charge >= 0.3 is 0 Å². The second-order valence-corrected chi connectivity index (χ2v) is 6.19. The largest absolute Gasteiger partial charge is 0.303 e. The van der Waals surface area contributed by atoms with Gasteiger partial charge in [-0.1, -0.05) is 34.0 Å². The second kappa shape index (κ2) is 6.18. The van der Waals surface area contributed by atoms with Crippen molar-refractivity contribution in [1.82, 2.24) is 4.90 Å². The van der Waals surface area contributed by atoms with Crippen LogP contribution < -0.4 is 0 Å². The predicted molar refractivity (Wildman–Crippen MR) is 78.4 cm³/mol. The maximum atomic E-state index is 12.1. The normalized spacial score (nSPS) is 15.8. The number of carbonyl (C=O) groups is 1. The molecule has 1 aliphatic rings. The fourth-order valence-corrected chi connectivity index (χ4v) is 2.92. The molecule has 0 unspecified atom stereocenters. The number of Topliss-reactive ketones (excluding diaryl/α,β-unsaturated/α-hetero) is 1. The molecule has 2 nitrogen and oxygen atoms in total. The molecule has 1 saturated carbocycles. The fraction of sp³-hybridized carbons (Fsp3) is 0.500. The highest BCUT2D eigenvalue weighted by Gasteiger charge is 2.22. The third-order valence-corrected chi connectivity index (χ3v) is 4.43. The molecule has 0 radical (unpaired) electrons. The zero-order valence-electron chi connectivity index (χ0n) is 10.5. The summed E-state index contributed by atoms with van der Waals surface area (Å²) in [5.41, 5.74) is 0.627. The average Bonchev–Trinajstić information content (AvgIpc) is 2.23. The zero-order chi connectivity index (χ0) is 13.1. The highest BCUT2D eigenvalue weighted by atomic mass is 79.9. The van der Waals surface area contributed by atoms with Gasteiger partial charge in [-0.2, -0.15) is 0 Å². The summed E-state index contributed by atoms with van der Waals surface area (Å²) >= 11 is 9.42. The van der Waals surface area contributed by atoms with Gasteiger partial charge in [-0.05, 0) is 38.1 Å². The van der Waals surface area contributed by atoms with Crippen LogP contribution in [0.3, 0.4) is 0 Å². The van der Waals surface area contributed by atoms with E-state index in [-0.39, 0.29) is 5.78 Å². The van der Waals surface area contributed by atoms with Gasteiger partial charge < -0.3 is 4.90 Å². The van der Waals surface area contributed by atoms with Crippen LogP contribution in [-0.2, 0) is 0 Å². The first-order valence-corrected chi connectivity index (χ1v) is 7.43. The summed E-state index contributed by atoms with van der Waals surface area (Å²) in [6.45, 7) is 0.815. The number of carbonyl (C=O) groups excluding carboxylic acids is 1. The van der Waals surface area contributed by atoms with E-state index in [1.165, 1.54) is 19.3 Å². The van der Waals surface area contributed by atoms with Crippen LogP contribution in [0.5, 0.6) is 0 Å². The van der Waals surface area contributed by atoms with Crippen LogP contribution in [0.4, 0.5) is 0 Å². The van der Waals surface area contributed by atoms with Crippen molar-refractivity contribution in [3.63, 3.8) is 0 Å². The van der Waals surface area contributed by atoms with Crippen LogP contribution in [0.25, 0.3) is 0 Å². The minimum absolute atomic E-state index is 0.124. The smallest absolute Gasteiger partial charge is 0.165 e. The van der Waals surface area contributed by atoms with Gasteiger partial charge in [0.2, 0.25) is 0 Å². The molecule has 0 bridgehead atoms. The molecule has 1 fully saturated rings. The van der Waals surface area contributed by atoms with Gasteiger partial charge in [0.15, 0.2) is 5.78 Å². The Morgan fingerprint density at radius 3 is 2.78 bits per heavy atom. The predicted octanol–water partition coefficient (Wildman–Crippen LogP) is 4.16. The van der Waals surface area contributed by atoms with E-state index in [9.17, 15) is 4.79 Å². The molecule has 0 N–H and O–H groups in total. The van der Waals surface area contributed by atoms with E-state index in [0.29, 0.717) is 23.0 Å². The summed E-state index contributed by atoms with van der Waals surface area (Å²) in [6.07, 6.45) is 4.39. The van der Waals surface area contributed by atoms with E-state index in [2.05, 4.69) is 27.9 Å². The quantitative estimate of drug-likeness (QED) is 0.756. The molecule has 4 heteroatoms. The third-order valence-electron chi connectivity index (χ3n) is 3.62. The molecule has 1 aromatic rings. The summed E-state index contributed by atoms with van der Waals surface area (Å²) in [5, 5.41) is 0.528. The number of rotatable bonds is 5. The van der Waals surface area contributed by atoms with Crippen molar-refractivity contribution in [2.75, 3.05) is 13.6 Å². The molecule has 2 rings (SSSR count).